The molecule has 0 aliphatic heterocycles. The van der Waals surface area contributed by atoms with E-state index >= 15 is 0 Å². The summed E-state index contributed by atoms with van der Waals surface area (Å²) in [5, 5.41) is 3.93. The van der Waals surface area contributed by atoms with Crippen LogP contribution in [0.2, 0.25) is 0 Å². The monoisotopic (exact) mass is 381 g/mol. The van der Waals surface area contributed by atoms with Gasteiger partial charge in [-0.2, -0.15) is 0 Å². The first-order valence-electron chi connectivity index (χ1n) is 9.53. The van der Waals surface area contributed by atoms with Crippen LogP contribution in [0.25, 0.3) is 11.3 Å². The number of nitrogens with zero attached hydrogens (tertiary/aromatic N) is 1. The number of Topliss-reactive ketones (excluding diaryl/α,β-unsaturated/α-hetero) is 3. The predicted octanol–water partition coefficient (Wildman–Crippen LogP) is 4.66. The van der Waals surface area contributed by atoms with Gasteiger partial charge in [-0.25, -0.2) is 0 Å². The average molecular weight is 381 g/mol. The number of benzene rings is 1. The molecule has 1 fully saturated rings. The Morgan fingerprint density at radius 3 is 2.32 bits per heavy atom. The second-order valence-corrected chi connectivity index (χ2v) is 9.08. The Kier molecular flexibility index (Phi) is 4.69. The van der Waals surface area contributed by atoms with Gasteiger partial charge in [-0.1, -0.05) is 45.0 Å². The molecule has 1 aromatic heterocycles. The fourth-order valence-electron chi connectivity index (χ4n) is 3.99. The zero-order valence-corrected chi connectivity index (χ0v) is 17.6. The first-order chi connectivity index (χ1) is 12.9. The lowest BCUT2D eigenvalue weighted by molar-refractivity contribution is -0.149. The third-order valence-corrected chi connectivity index (χ3v) is 6.58. The second-order valence-electron chi connectivity index (χ2n) is 9.08. The van der Waals surface area contributed by atoms with Crippen molar-refractivity contribution in [2.75, 3.05) is 0 Å². The fraction of sp³-hybridized carbons (Fsp3) is 0.478. The quantitative estimate of drug-likeness (QED) is 0.571. The summed E-state index contributed by atoms with van der Waals surface area (Å²) in [6.45, 7) is 13.0. The predicted molar refractivity (Wildman–Crippen MR) is 106 cm³/mol. The molecular formula is C23H27NO4. The standard InChI is InChI=1S/C23H27NO4/c1-12-8-9-15(14(3)18(12)17-10-13(2)24-28-17)20(26)19-16(25)11-22(4,5)23(6,7)21(19)27/h8-10,19H,11H2,1-7H3. The summed E-state index contributed by atoms with van der Waals surface area (Å²) in [5.74, 6) is -1.68. The van der Waals surface area contributed by atoms with Crippen LogP contribution in [-0.4, -0.2) is 22.5 Å². The van der Waals surface area contributed by atoms with E-state index in [0.29, 0.717) is 16.9 Å². The highest BCUT2D eigenvalue weighted by molar-refractivity contribution is 6.27. The van der Waals surface area contributed by atoms with Gasteiger partial charge in [-0.05, 0) is 37.3 Å². The Morgan fingerprint density at radius 1 is 1.11 bits per heavy atom. The Morgan fingerprint density at radius 2 is 1.75 bits per heavy atom. The molecule has 1 aromatic carbocycles. The van der Waals surface area contributed by atoms with Crippen molar-refractivity contribution in [3.05, 3.63) is 40.6 Å². The number of rotatable bonds is 3. The van der Waals surface area contributed by atoms with Gasteiger partial charge in [-0.15, -0.1) is 0 Å². The highest BCUT2D eigenvalue weighted by Gasteiger charge is 2.55. The van der Waals surface area contributed by atoms with Crippen molar-refractivity contribution in [1.82, 2.24) is 5.16 Å². The van der Waals surface area contributed by atoms with Crippen molar-refractivity contribution < 1.29 is 18.9 Å². The molecule has 0 bridgehead atoms. The topological polar surface area (TPSA) is 77.2 Å². The average Bonchev–Trinajstić information content (AvgIpc) is 2.99. The van der Waals surface area contributed by atoms with Crippen LogP contribution < -0.4 is 0 Å². The van der Waals surface area contributed by atoms with Crippen LogP contribution in [0.5, 0.6) is 0 Å². The van der Waals surface area contributed by atoms with Gasteiger partial charge in [0.05, 0.1) is 5.69 Å². The number of ketones is 3. The molecule has 0 amide bonds. The summed E-state index contributed by atoms with van der Waals surface area (Å²) >= 11 is 0. The van der Waals surface area contributed by atoms with Crippen LogP contribution >= 0.6 is 0 Å². The smallest absolute Gasteiger partial charge is 0.181 e. The molecule has 148 valence electrons. The van der Waals surface area contributed by atoms with E-state index in [-0.39, 0.29) is 18.0 Å². The number of hydrogen-bond donors (Lipinski definition) is 0. The summed E-state index contributed by atoms with van der Waals surface area (Å²) in [7, 11) is 0. The molecule has 1 heterocycles. The number of aryl methyl sites for hydroxylation is 2. The number of carbonyl (C=O) groups excluding carboxylic acids is 3. The van der Waals surface area contributed by atoms with E-state index in [1.165, 1.54) is 0 Å². The molecule has 1 atom stereocenters. The third kappa shape index (κ3) is 2.93. The van der Waals surface area contributed by atoms with Crippen molar-refractivity contribution in [3.8, 4) is 11.3 Å². The van der Waals surface area contributed by atoms with E-state index in [4.69, 9.17) is 4.52 Å². The van der Waals surface area contributed by atoms with Crippen LogP contribution in [0.1, 0.15) is 61.3 Å². The van der Waals surface area contributed by atoms with E-state index in [0.717, 1.165) is 16.8 Å². The molecule has 0 saturated heterocycles. The lowest BCUT2D eigenvalue weighted by Crippen LogP contribution is -2.53. The molecule has 1 aliphatic carbocycles. The van der Waals surface area contributed by atoms with Crippen molar-refractivity contribution in [1.29, 1.82) is 0 Å². The Balaban J connectivity index is 2.09. The van der Waals surface area contributed by atoms with Crippen LogP contribution in [0.15, 0.2) is 22.7 Å². The highest BCUT2D eigenvalue weighted by atomic mass is 16.5. The molecule has 1 unspecified atom stereocenters. The first-order valence-corrected chi connectivity index (χ1v) is 9.53. The lowest BCUT2D eigenvalue weighted by atomic mass is 9.55. The van der Waals surface area contributed by atoms with Crippen LogP contribution in [0, 0.1) is 37.5 Å². The van der Waals surface area contributed by atoms with E-state index in [1.807, 2.05) is 60.6 Å². The van der Waals surface area contributed by atoms with E-state index in [2.05, 4.69) is 5.16 Å². The zero-order chi connectivity index (χ0) is 21.0. The van der Waals surface area contributed by atoms with Gasteiger partial charge in [0.1, 0.15) is 5.92 Å². The summed E-state index contributed by atoms with van der Waals surface area (Å²) < 4.78 is 5.40. The maximum absolute atomic E-state index is 13.4. The molecule has 28 heavy (non-hydrogen) atoms. The number of aromatic nitrogens is 1. The van der Waals surface area contributed by atoms with E-state index in [9.17, 15) is 14.4 Å². The summed E-state index contributed by atoms with van der Waals surface area (Å²) in [6.07, 6.45) is 0.210. The van der Waals surface area contributed by atoms with Gasteiger partial charge < -0.3 is 4.52 Å². The van der Waals surface area contributed by atoms with Gasteiger partial charge in [-0.3, -0.25) is 14.4 Å². The Hall–Kier alpha value is -2.56. The van der Waals surface area contributed by atoms with Gasteiger partial charge >= 0.3 is 0 Å². The maximum atomic E-state index is 13.4. The normalized spacial score (nSPS) is 21.0. The molecular weight excluding hydrogens is 354 g/mol. The first kappa shape index (κ1) is 20.2. The molecule has 0 spiro atoms. The van der Waals surface area contributed by atoms with Crippen LogP contribution in [0.3, 0.4) is 0 Å². The zero-order valence-electron chi connectivity index (χ0n) is 17.6. The molecule has 0 N–H and O–H groups in total. The van der Waals surface area contributed by atoms with Gasteiger partial charge in [0, 0.05) is 29.0 Å². The highest BCUT2D eigenvalue weighted by Crippen LogP contribution is 2.48. The van der Waals surface area contributed by atoms with Gasteiger partial charge in [0.25, 0.3) is 0 Å². The third-order valence-electron chi connectivity index (χ3n) is 6.58. The van der Waals surface area contributed by atoms with Crippen molar-refractivity contribution in [2.24, 2.45) is 16.7 Å². The molecule has 1 aliphatic rings. The van der Waals surface area contributed by atoms with Gasteiger partial charge in [0.15, 0.2) is 23.1 Å². The fourth-order valence-corrected chi connectivity index (χ4v) is 3.99. The second kappa shape index (κ2) is 6.50. The Labute approximate surface area is 165 Å². The summed E-state index contributed by atoms with van der Waals surface area (Å²) in [4.78, 5) is 39.3. The number of carbonyl (C=O) groups is 3. The van der Waals surface area contributed by atoms with Crippen molar-refractivity contribution >= 4 is 17.3 Å². The van der Waals surface area contributed by atoms with Crippen molar-refractivity contribution in [2.45, 2.75) is 54.9 Å². The number of hydrogen-bond acceptors (Lipinski definition) is 5. The van der Waals surface area contributed by atoms with E-state index in [1.54, 1.807) is 6.07 Å². The van der Waals surface area contributed by atoms with Crippen LogP contribution in [-0.2, 0) is 9.59 Å². The minimum Gasteiger partial charge on any atom is -0.356 e. The minimum atomic E-state index is -1.24. The summed E-state index contributed by atoms with van der Waals surface area (Å²) in [5.41, 5.74) is 2.30. The van der Waals surface area contributed by atoms with Gasteiger partial charge in [0.2, 0.25) is 0 Å². The molecule has 1 saturated carbocycles. The largest absolute Gasteiger partial charge is 0.356 e. The molecule has 5 heteroatoms. The molecule has 5 nitrogen and oxygen atoms in total. The molecule has 2 aromatic rings. The Bertz CT molecular complexity index is 994. The minimum absolute atomic E-state index is 0.210. The van der Waals surface area contributed by atoms with Crippen molar-refractivity contribution in [3.63, 3.8) is 0 Å². The SMILES string of the molecule is Cc1cc(-c2c(C)ccc(C(=O)C3C(=O)CC(C)(C)C(C)(C)C3=O)c2C)on1. The maximum Gasteiger partial charge on any atom is 0.181 e. The molecule has 3 rings (SSSR count). The molecule has 0 radical (unpaired) electrons. The van der Waals surface area contributed by atoms with Crippen LogP contribution in [0.4, 0.5) is 0 Å². The lowest BCUT2D eigenvalue weighted by Gasteiger charge is -2.45. The summed E-state index contributed by atoms with van der Waals surface area (Å²) in [6, 6.07) is 5.33. The van der Waals surface area contributed by atoms with E-state index < -0.39 is 22.5 Å².